The predicted octanol–water partition coefficient (Wildman–Crippen LogP) is 3.58. The summed E-state index contributed by atoms with van der Waals surface area (Å²) < 4.78 is 0. The lowest BCUT2D eigenvalue weighted by atomic mass is 10.0. The first kappa shape index (κ1) is 12.6. The third-order valence-corrected chi connectivity index (χ3v) is 3.52. The number of aliphatic hydroxyl groups excluding tert-OH is 1. The van der Waals surface area contributed by atoms with Crippen LogP contribution in [-0.2, 0) is 0 Å². The first-order valence-electron chi connectivity index (χ1n) is 5.56. The summed E-state index contributed by atoms with van der Waals surface area (Å²) in [6, 6.07) is 10.4. The summed E-state index contributed by atoms with van der Waals surface area (Å²) in [4.78, 5) is 1.32. The van der Waals surface area contributed by atoms with E-state index < -0.39 is 0 Å². The van der Waals surface area contributed by atoms with Crippen molar-refractivity contribution in [3.63, 3.8) is 0 Å². The Morgan fingerprint density at radius 3 is 2.47 bits per heavy atom. The first-order chi connectivity index (χ1) is 7.20. The molecule has 1 unspecified atom stereocenters. The Bertz CT molecular complexity index is 258. The maximum Gasteiger partial charge on any atom is 0.0563 e. The molecule has 1 aromatic rings. The molecule has 1 rings (SSSR count). The summed E-state index contributed by atoms with van der Waals surface area (Å²) in [6.07, 6.45) is 1.86. The van der Waals surface area contributed by atoms with Gasteiger partial charge in [-0.1, -0.05) is 32.0 Å². The van der Waals surface area contributed by atoms with Crippen molar-refractivity contribution in [3.8, 4) is 0 Å². The van der Waals surface area contributed by atoms with Crippen LogP contribution in [0.5, 0.6) is 0 Å². The van der Waals surface area contributed by atoms with Gasteiger partial charge in [-0.2, -0.15) is 0 Å². The van der Waals surface area contributed by atoms with E-state index in [0.717, 1.165) is 18.6 Å². The lowest BCUT2D eigenvalue weighted by Gasteiger charge is -2.13. The quantitative estimate of drug-likeness (QED) is 0.589. The van der Waals surface area contributed by atoms with Gasteiger partial charge in [0, 0.05) is 4.90 Å². The number of benzene rings is 1. The second kappa shape index (κ2) is 6.91. The molecule has 0 saturated heterocycles. The van der Waals surface area contributed by atoms with E-state index in [1.807, 2.05) is 17.8 Å². The van der Waals surface area contributed by atoms with Gasteiger partial charge in [-0.3, -0.25) is 0 Å². The molecule has 0 aliphatic carbocycles. The van der Waals surface area contributed by atoms with Gasteiger partial charge in [0.2, 0.25) is 0 Å². The summed E-state index contributed by atoms with van der Waals surface area (Å²) in [7, 11) is 0. The van der Waals surface area contributed by atoms with E-state index >= 15 is 0 Å². The van der Waals surface area contributed by atoms with Gasteiger partial charge in [-0.25, -0.2) is 0 Å². The molecule has 2 heteroatoms. The van der Waals surface area contributed by atoms with Crippen LogP contribution in [0.4, 0.5) is 0 Å². The molecule has 1 aromatic carbocycles. The van der Waals surface area contributed by atoms with Crippen molar-refractivity contribution in [2.45, 2.75) is 37.7 Å². The molecule has 1 atom stereocenters. The van der Waals surface area contributed by atoms with E-state index in [1.54, 1.807) is 0 Å². The fourth-order valence-corrected chi connectivity index (χ4v) is 2.23. The highest BCUT2D eigenvalue weighted by atomic mass is 32.2. The van der Waals surface area contributed by atoms with Crippen molar-refractivity contribution in [1.82, 2.24) is 0 Å². The van der Waals surface area contributed by atoms with Gasteiger partial charge in [0.05, 0.1) is 6.10 Å². The van der Waals surface area contributed by atoms with Gasteiger partial charge in [0.25, 0.3) is 0 Å². The van der Waals surface area contributed by atoms with E-state index in [-0.39, 0.29) is 6.10 Å². The van der Waals surface area contributed by atoms with Gasteiger partial charge < -0.3 is 5.11 Å². The number of thioether (sulfide) groups is 1. The van der Waals surface area contributed by atoms with Gasteiger partial charge in [-0.05, 0) is 36.6 Å². The smallest absolute Gasteiger partial charge is 0.0563 e. The molecular formula is C13H20OS. The average molecular weight is 224 g/mol. The molecule has 0 aliphatic heterocycles. The Labute approximate surface area is 96.9 Å². The largest absolute Gasteiger partial charge is 0.393 e. The molecule has 0 aromatic heterocycles. The Hall–Kier alpha value is -0.470. The minimum absolute atomic E-state index is 0.138. The topological polar surface area (TPSA) is 20.2 Å². The molecular weight excluding hydrogens is 204 g/mol. The molecule has 1 N–H and O–H groups in total. The van der Waals surface area contributed by atoms with Gasteiger partial charge in [-0.15, -0.1) is 11.8 Å². The zero-order valence-electron chi connectivity index (χ0n) is 9.52. The lowest BCUT2D eigenvalue weighted by molar-refractivity contribution is 0.116. The summed E-state index contributed by atoms with van der Waals surface area (Å²) in [5, 5.41) is 9.61. The molecule has 0 saturated carbocycles. The summed E-state index contributed by atoms with van der Waals surface area (Å²) in [5.41, 5.74) is 0. The predicted molar refractivity (Wildman–Crippen MR) is 67.2 cm³/mol. The summed E-state index contributed by atoms with van der Waals surface area (Å²) >= 11 is 1.86. The molecule has 0 aliphatic rings. The van der Waals surface area contributed by atoms with Crippen molar-refractivity contribution in [1.29, 1.82) is 0 Å². The highest BCUT2D eigenvalue weighted by Crippen LogP contribution is 2.19. The molecule has 1 nitrogen and oxygen atoms in total. The normalized spacial score (nSPS) is 13.1. The maximum atomic E-state index is 9.61. The van der Waals surface area contributed by atoms with Crippen LogP contribution < -0.4 is 0 Å². The summed E-state index contributed by atoms with van der Waals surface area (Å²) in [5.74, 6) is 1.47. The fraction of sp³-hybridized carbons (Fsp3) is 0.538. The van der Waals surface area contributed by atoms with Crippen LogP contribution in [0.2, 0.25) is 0 Å². The number of hydrogen-bond acceptors (Lipinski definition) is 2. The van der Waals surface area contributed by atoms with Gasteiger partial charge >= 0.3 is 0 Å². The number of hydrogen-bond donors (Lipinski definition) is 1. The molecule has 0 spiro atoms. The average Bonchev–Trinajstić information content (AvgIpc) is 2.25. The second-order valence-electron chi connectivity index (χ2n) is 4.12. The van der Waals surface area contributed by atoms with Crippen molar-refractivity contribution in [2.75, 3.05) is 5.75 Å². The third-order valence-electron chi connectivity index (χ3n) is 2.43. The first-order valence-corrected chi connectivity index (χ1v) is 6.54. The van der Waals surface area contributed by atoms with Crippen molar-refractivity contribution < 1.29 is 5.11 Å². The molecule has 0 radical (unpaired) electrons. The van der Waals surface area contributed by atoms with Crippen LogP contribution >= 0.6 is 11.8 Å². The number of aliphatic hydroxyl groups is 1. The monoisotopic (exact) mass is 224 g/mol. The maximum absolute atomic E-state index is 9.61. The SMILES string of the molecule is CC(C)C(O)CCCSc1ccccc1. The van der Waals surface area contributed by atoms with Gasteiger partial charge in [0.15, 0.2) is 0 Å². The highest BCUT2D eigenvalue weighted by molar-refractivity contribution is 7.99. The zero-order valence-corrected chi connectivity index (χ0v) is 10.3. The van der Waals surface area contributed by atoms with Crippen molar-refractivity contribution in [3.05, 3.63) is 30.3 Å². The van der Waals surface area contributed by atoms with E-state index in [9.17, 15) is 5.11 Å². The molecule has 0 amide bonds. The van der Waals surface area contributed by atoms with E-state index in [0.29, 0.717) is 5.92 Å². The third kappa shape index (κ3) is 5.24. The van der Waals surface area contributed by atoms with Crippen molar-refractivity contribution in [2.24, 2.45) is 5.92 Å². The van der Waals surface area contributed by atoms with E-state index in [1.165, 1.54) is 4.90 Å². The minimum Gasteiger partial charge on any atom is -0.393 e. The number of rotatable bonds is 6. The second-order valence-corrected chi connectivity index (χ2v) is 5.28. The van der Waals surface area contributed by atoms with Gasteiger partial charge in [0.1, 0.15) is 0 Å². The van der Waals surface area contributed by atoms with Crippen LogP contribution in [0.15, 0.2) is 35.2 Å². The van der Waals surface area contributed by atoms with Crippen LogP contribution in [0, 0.1) is 5.92 Å². The minimum atomic E-state index is -0.138. The lowest BCUT2D eigenvalue weighted by Crippen LogP contribution is -2.14. The molecule has 0 bridgehead atoms. The van der Waals surface area contributed by atoms with E-state index in [2.05, 4.69) is 38.1 Å². The van der Waals surface area contributed by atoms with Crippen LogP contribution in [-0.4, -0.2) is 17.0 Å². The molecule has 84 valence electrons. The Morgan fingerprint density at radius 2 is 1.87 bits per heavy atom. The highest BCUT2D eigenvalue weighted by Gasteiger charge is 2.07. The Balaban J connectivity index is 2.12. The Kier molecular flexibility index (Phi) is 5.81. The van der Waals surface area contributed by atoms with Crippen molar-refractivity contribution >= 4 is 11.8 Å². The van der Waals surface area contributed by atoms with Crippen LogP contribution in [0.3, 0.4) is 0 Å². The summed E-state index contributed by atoms with van der Waals surface area (Å²) in [6.45, 7) is 4.13. The zero-order chi connectivity index (χ0) is 11.1. The standard InChI is InChI=1S/C13H20OS/c1-11(2)13(14)9-6-10-15-12-7-4-3-5-8-12/h3-5,7-8,11,13-14H,6,9-10H2,1-2H3. The van der Waals surface area contributed by atoms with E-state index in [4.69, 9.17) is 0 Å². The van der Waals surface area contributed by atoms with Crippen LogP contribution in [0.1, 0.15) is 26.7 Å². The Morgan fingerprint density at radius 1 is 1.20 bits per heavy atom. The molecule has 0 fully saturated rings. The molecule has 15 heavy (non-hydrogen) atoms. The molecule has 0 heterocycles. The fourth-order valence-electron chi connectivity index (χ4n) is 1.33. The van der Waals surface area contributed by atoms with Crippen LogP contribution in [0.25, 0.3) is 0 Å².